The third-order valence-corrected chi connectivity index (χ3v) is 3.72. The van der Waals surface area contributed by atoms with Crippen LogP contribution in [0.15, 0.2) is 77.9 Å². The standard InChI is InChI=1S/C20H18N2O/c1-15(18-12-11-17-9-5-6-10-19(17)14-18)21-22-20(23)13-16-7-3-2-4-8-16/h2-12,14H,13H2,1H3,(H,22,23). The number of amides is 1. The molecule has 3 heteroatoms. The van der Waals surface area contributed by atoms with Crippen molar-refractivity contribution in [2.45, 2.75) is 13.3 Å². The maximum atomic E-state index is 11.9. The molecule has 1 N–H and O–H groups in total. The van der Waals surface area contributed by atoms with Crippen LogP contribution in [0.5, 0.6) is 0 Å². The molecule has 0 radical (unpaired) electrons. The van der Waals surface area contributed by atoms with Gasteiger partial charge < -0.3 is 0 Å². The largest absolute Gasteiger partial charge is 0.273 e. The number of nitrogens with zero attached hydrogens (tertiary/aromatic N) is 1. The predicted octanol–water partition coefficient (Wildman–Crippen LogP) is 3.92. The van der Waals surface area contributed by atoms with Crippen LogP contribution in [0, 0.1) is 0 Å². The summed E-state index contributed by atoms with van der Waals surface area (Å²) in [6, 6.07) is 24.0. The Morgan fingerprint density at radius 1 is 0.913 bits per heavy atom. The van der Waals surface area contributed by atoms with E-state index in [2.05, 4.69) is 34.8 Å². The minimum absolute atomic E-state index is 0.115. The molecule has 0 unspecified atom stereocenters. The fraction of sp³-hybridized carbons (Fsp3) is 0.100. The molecule has 3 aromatic rings. The molecule has 0 heterocycles. The van der Waals surface area contributed by atoms with Gasteiger partial charge in [-0.15, -0.1) is 0 Å². The van der Waals surface area contributed by atoms with E-state index in [0.29, 0.717) is 6.42 Å². The van der Waals surface area contributed by atoms with Gasteiger partial charge in [-0.05, 0) is 34.9 Å². The highest BCUT2D eigenvalue weighted by molar-refractivity contribution is 6.02. The van der Waals surface area contributed by atoms with Gasteiger partial charge in [0.15, 0.2) is 0 Å². The summed E-state index contributed by atoms with van der Waals surface area (Å²) >= 11 is 0. The number of fused-ring (bicyclic) bond motifs is 1. The molecule has 0 saturated carbocycles. The van der Waals surface area contributed by atoms with Crippen molar-refractivity contribution >= 4 is 22.4 Å². The molecule has 0 aliphatic rings. The molecular weight excluding hydrogens is 284 g/mol. The van der Waals surface area contributed by atoms with Gasteiger partial charge in [0.2, 0.25) is 5.91 Å². The SMILES string of the molecule is CC(=NNC(=O)Cc1ccccc1)c1ccc2ccccc2c1. The average Bonchev–Trinajstić information content (AvgIpc) is 2.60. The first-order valence-electron chi connectivity index (χ1n) is 7.58. The quantitative estimate of drug-likeness (QED) is 0.576. The second-order valence-electron chi connectivity index (χ2n) is 5.46. The monoisotopic (exact) mass is 302 g/mol. The molecule has 0 saturated heterocycles. The third-order valence-electron chi connectivity index (χ3n) is 3.72. The molecule has 0 aliphatic heterocycles. The number of carbonyl (C=O) groups excluding carboxylic acids is 1. The Hall–Kier alpha value is -2.94. The van der Waals surface area contributed by atoms with E-state index in [0.717, 1.165) is 22.2 Å². The number of hydrogen-bond donors (Lipinski definition) is 1. The number of rotatable bonds is 4. The van der Waals surface area contributed by atoms with Crippen molar-refractivity contribution in [1.29, 1.82) is 0 Å². The summed E-state index contributed by atoms with van der Waals surface area (Å²) in [7, 11) is 0. The lowest BCUT2D eigenvalue weighted by atomic mass is 10.0. The van der Waals surface area contributed by atoms with E-state index in [1.54, 1.807) is 0 Å². The molecule has 23 heavy (non-hydrogen) atoms. The van der Waals surface area contributed by atoms with Crippen molar-refractivity contribution in [1.82, 2.24) is 5.43 Å². The highest BCUT2D eigenvalue weighted by Gasteiger charge is 2.03. The average molecular weight is 302 g/mol. The Balaban J connectivity index is 1.69. The molecule has 114 valence electrons. The van der Waals surface area contributed by atoms with E-state index in [4.69, 9.17) is 0 Å². The van der Waals surface area contributed by atoms with Gasteiger partial charge in [0, 0.05) is 0 Å². The smallest absolute Gasteiger partial charge is 0.244 e. The molecule has 3 rings (SSSR count). The molecular formula is C20H18N2O. The van der Waals surface area contributed by atoms with E-state index < -0.39 is 0 Å². The zero-order valence-electron chi connectivity index (χ0n) is 13.0. The summed E-state index contributed by atoms with van der Waals surface area (Å²) in [5.41, 5.74) is 5.39. The number of nitrogens with one attached hydrogen (secondary N) is 1. The predicted molar refractivity (Wildman–Crippen MR) is 94.4 cm³/mol. The lowest BCUT2D eigenvalue weighted by molar-refractivity contribution is -0.120. The molecule has 0 atom stereocenters. The number of hydrogen-bond acceptors (Lipinski definition) is 2. The fourth-order valence-electron chi connectivity index (χ4n) is 2.45. The Morgan fingerprint density at radius 3 is 2.39 bits per heavy atom. The zero-order valence-corrected chi connectivity index (χ0v) is 13.0. The molecule has 0 bridgehead atoms. The first-order chi connectivity index (χ1) is 11.2. The van der Waals surface area contributed by atoms with E-state index in [9.17, 15) is 4.79 Å². The van der Waals surface area contributed by atoms with Crippen LogP contribution in [0.2, 0.25) is 0 Å². The minimum atomic E-state index is -0.115. The van der Waals surface area contributed by atoms with Crippen molar-refractivity contribution in [2.24, 2.45) is 5.10 Å². The van der Waals surface area contributed by atoms with Crippen LogP contribution < -0.4 is 5.43 Å². The second-order valence-corrected chi connectivity index (χ2v) is 5.46. The van der Waals surface area contributed by atoms with Crippen molar-refractivity contribution in [2.75, 3.05) is 0 Å². The number of benzene rings is 3. The Labute approximate surface area is 135 Å². The first-order valence-corrected chi connectivity index (χ1v) is 7.58. The summed E-state index contributed by atoms with van der Waals surface area (Å²) < 4.78 is 0. The van der Waals surface area contributed by atoms with Crippen LogP contribution in [0.4, 0.5) is 0 Å². The van der Waals surface area contributed by atoms with Gasteiger partial charge in [0.25, 0.3) is 0 Å². The highest BCUT2D eigenvalue weighted by Crippen LogP contribution is 2.16. The summed E-state index contributed by atoms with van der Waals surface area (Å²) in [5, 5.41) is 6.57. The van der Waals surface area contributed by atoms with E-state index >= 15 is 0 Å². The Bertz CT molecular complexity index is 854. The summed E-state index contributed by atoms with van der Waals surface area (Å²) in [6.07, 6.45) is 0.329. The second kappa shape index (κ2) is 6.88. The Morgan fingerprint density at radius 2 is 1.61 bits per heavy atom. The lowest BCUT2D eigenvalue weighted by Crippen LogP contribution is -2.21. The number of hydrazone groups is 1. The van der Waals surface area contributed by atoms with Crippen LogP contribution in [0.1, 0.15) is 18.1 Å². The Kier molecular flexibility index (Phi) is 4.48. The summed E-state index contributed by atoms with van der Waals surface area (Å²) in [5.74, 6) is -0.115. The molecule has 3 nitrogen and oxygen atoms in total. The molecule has 0 aliphatic carbocycles. The van der Waals surface area contributed by atoms with Crippen LogP contribution in [-0.4, -0.2) is 11.6 Å². The van der Waals surface area contributed by atoms with Gasteiger partial charge in [0.1, 0.15) is 0 Å². The van der Waals surface area contributed by atoms with Crippen molar-refractivity contribution in [3.63, 3.8) is 0 Å². The first kappa shape index (κ1) is 15.0. The maximum absolute atomic E-state index is 11.9. The molecule has 0 aromatic heterocycles. The van der Waals surface area contributed by atoms with Crippen molar-refractivity contribution in [3.8, 4) is 0 Å². The van der Waals surface area contributed by atoms with Crippen LogP contribution in [-0.2, 0) is 11.2 Å². The van der Waals surface area contributed by atoms with Crippen LogP contribution >= 0.6 is 0 Å². The van der Waals surface area contributed by atoms with Gasteiger partial charge in [0.05, 0.1) is 12.1 Å². The molecule has 3 aromatic carbocycles. The topological polar surface area (TPSA) is 41.5 Å². The van der Waals surface area contributed by atoms with E-state index in [1.165, 1.54) is 5.39 Å². The van der Waals surface area contributed by atoms with Crippen LogP contribution in [0.3, 0.4) is 0 Å². The van der Waals surface area contributed by atoms with Gasteiger partial charge in [-0.1, -0.05) is 66.7 Å². The third kappa shape index (κ3) is 3.83. The number of carbonyl (C=O) groups is 1. The van der Waals surface area contributed by atoms with Crippen molar-refractivity contribution < 1.29 is 4.79 Å². The van der Waals surface area contributed by atoms with Gasteiger partial charge >= 0.3 is 0 Å². The lowest BCUT2D eigenvalue weighted by Gasteiger charge is -2.05. The molecule has 1 amide bonds. The normalized spacial score (nSPS) is 11.4. The van der Waals surface area contributed by atoms with E-state index in [-0.39, 0.29) is 5.91 Å². The minimum Gasteiger partial charge on any atom is -0.273 e. The van der Waals surface area contributed by atoms with Gasteiger partial charge in [-0.2, -0.15) is 5.10 Å². The van der Waals surface area contributed by atoms with Gasteiger partial charge in [-0.3, -0.25) is 4.79 Å². The van der Waals surface area contributed by atoms with Crippen LogP contribution in [0.25, 0.3) is 10.8 Å². The summed E-state index contributed by atoms with van der Waals surface area (Å²) in [4.78, 5) is 11.9. The maximum Gasteiger partial charge on any atom is 0.244 e. The highest BCUT2D eigenvalue weighted by atomic mass is 16.2. The zero-order chi connectivity index (χ0) is 16.1. The molecule has 0 fully saturated rings. The van der Waals surface area contributed by atoms with Crippen molar-refractivity contribution in [3.05, 3.63) is 83.9 Å². The van der Waals surface area contributed by atoms with E-state index in [1.807, 2.05) is 55.5 Å². The summed E-state index contributed by atoms with van der Waals surface area (Å²) in [6.45, 7) is 1.90. The van der Waals surface area contributed by atoms with Gasteiger partial charge in [-0.25, -0.2) is 5.43 Å². The molecule has 0 spiro atoms. The fourth-order valence-corrected chi connectivity index (χ4v) is 2.45.